The fourth-order valence-corrected chi connectivity index (χ4v) is 4.86. The van der Waals surface area contributed by atoms with Crippen LogP contribution < -0.4 is 9.62 Å². The minimum Gasteiger partial charge on any atom is -0.368 e. The number of amides is 1. The highest BCUT2D eigenvalue weighted by Gasteiger charge is 2.35. The summed E-state index contributed by atoms with van der Waals surface area (Å²) in [4.78, 5) is 16.7. The summed E-state index contributed by atoms with van der Waals surface area (Å²) >= 11 is 0. The van der Waals surface area contributed by atoms with Crippen LogP contribution in [0.5, 0.6) is 0 Å². The third-order valence-corrected chi connectivity index (χ3v) is 7.89. The first kappa shape index (κ1) is 22.3. The maximum Gasteiger partial charge on any atom is 0.253 e. The van der Waals surface area contributed by atoms with Crippen LogP contribution in [0.1, 0.15) is 43.1 Å². The topological polar surface area (TPSA) is 69.7 Å². The van der Waals surface area contributed by atoms with Gasteiger partial charge in [-0.15, -0.1) is 0 Å². The Labute approximate surface area is 179 Å². The van der Waals surface area contributed by atoms with Crippen molar-refractivity contribution in [2.75, 3.05) is 37.6 Å². The lowest BCUT2D eigenvalue weighted by atomic mass is 10.0. The first-order chi connectivity index (χ1) is 14.3. The SMILES string of the molecule is CCCNS(=O)(=O)C(C)(C)c1ccc(N2CCN(C(=O)c3ccccc3)CC2)cc1. The molecule has 2 aromatic rings. The molecule has 0 radical (unpaired) electrons. The molecule has 2 aromatic carbocycles. The molecule has 1 aliphatic heterocycles. The molecule has 1 N–H and O–H groups in total. The van der Waals surface area contributed by atoms with Crippen LogP contribution in [0, 0.1) is 0 Å². The summed E-state index contributed by atoms with van der Waals surface area (Å²) in [5, 5.41) is 0. The highest BCUT2D eigenvalue weighted by Crippen LogP contribution is 2.30. The molecule has 0 spiro atoms. The van der Waals surface area contributed by atoms with Crippen molar-refractivity contribution in [2.45, 2.75) is 31.9 Å². The minimum absolute atomic E-state index is 0.0668. The Morgan fingerprint density at radius 2 is 1.57 bits per heavy atom. The highest BCUT2D eigenvalue weighted by molar-refractivity contribution is 7.90. The van der Waals surface area contributed by atoms with E-state index >= 15 is 0 Å². The molecule has 1 heterocycles. The number of rotatable bonds is 7. The van der Waals surface area contributed by atoms with Gasteiger partial charge in [-0.05, 0) is 50.1 Å². The van der Waals surface area contributed by atoms with E-state index in [1.54, 1.807) is 13.8 Å². The molecule has 3 rings (SSSR count). The molecule has 0 aromatic heterocycles. The third kappa shape index (κ3) is 4.68. The summed E-state index contributed by atoms with van der Waals surface area (Å²) in [6.07, 6.45) is 0.757. The molecule has 0 aliphatic carbocycles. The van der Waals surface area contributed by atoms with E-state index in [9.17, 15) is 13.2 Å². The number of sulfonamides is 1. The zero-order chi connectivity index (χ0) is 21.8. The van der Waals surface area contributed by atoms with E-state index in [0.29, 0.717) is 19.6 Å². The standard InChI is InChI=1S/C23H31N3O3S/c1-4-14-24-30(28,29)23(2,3)20-10-12-21(13-11-20)25-15-17-26(18-16-25)22(27)19-8-6-5-7-9-19/h5-13,24H,4,14-18H2,1-3H3. The van der Waals surface area contributed by atoms with Gasteiger partial charge in [0.2, 0.25) is 10.0 Å². The molecule has 0 atom stereocenters. The van der Waals surface area contributed by atoms with Crippen molar-refractivity contribution in [2.24, 2.45) is 0 Å². The summed E-state index contributed by atoms with van der Waals surface area (Å²) < 4.78 is 27.0. The molecular weight excluding hydrogens is 398 g/mol. The Morgan fingerprint density at radius 1 is 0.967 bits per heavy atom. The van der Waals surface area contributed by atoms with E-state index < -0.39 is 14.8 Å². The molecular formula is C23H31N3O3S. The molecule has 6 nitrogen and oxygen atoms in total. The Kier molecular flexibility index (Phi) is 6.83. The molecule has 162 valence electrons. The van der Waals surface area contributed by atoms with Gasteiger partial charge in [0.05, 0.1) is 0 Å². The largest absolute Gasteiger partial charge is 0.368 e. The van der Waals surface area contributed by atoms with Crippen molar-refractivity contribution in [3.63, 3.8) is 0 Å². The van der Waals surface area contributed by atoms with E-state index in [-0.39, 0.29) is 5.91 Å². The fourth-order valence-electron chi connectivity index (χ4n) is 3.58. The van der Waals surface area contributed by atoms with Gasteiger partial charge in [-0.25, -0.2) is 13.1 Å². The smallest absolute Gasteiger partial charge is 0.253 e. The van der Waals surface area contributed by atoms with E-state index in [1.165, 1.54) is 0 Å². The lowest BCUT2D eigenvalue weighted by molar-refractivity contribution is 0.0747. The van der Waals surface area contributed by atoms with Crippen molar-refractivity contribution in [1.82, 2.24) is 9.62 Å². The second kappa shape index (κ2) is 9.18. The van der Waals surface area contributed by atoms with Gasteiger partial charge < -0.3 is 9.80 Å². The highest BCUT2D eigenvalue weighted by atomic mass is 32.2. The third-order valence-electron chi connectivity index (χ3n) is 5.73. The summed E-state index contributed by atoms with van der Waals surface area (Å²) in [7, 11) is -3.46. The maximum absolute atomic E-state index is 12.7. The lowest BCUT2D eigenvalue weighted by Gasteiger charge is -2.36. The van der Waals surface area contributed by atoms with Crippen LogP contribution in [0.3, 0.4) is 0 Å². The number of carbonyl (C=O) groups is 1. The zero-order valence-corrected chi connectivity index (χ0v) is 18.8. The number of hydrogen-bond acceptors (Lipinski definition) is 4. The molecule has 1 amide bonds. The lowest BCUT2D eigenvalue weighted by Crippen LogP contribution is -2.48. The molecule has 30 heavy (non-hydrogen) atoms. The molecule has 1 saturated heterocycles. The zero-order valence-electron chi connectivity index (χ0n) is 18.0. The summed E-state index contributed by atoms with van der Waals surface area (Å²) in [5.41, 5.74) is 2.52. The van der Waals surface area contributed by atoms with Crippen LogP contribution in [0.15, 0.2) is 54.6 Å². The summed E-state index contributed by atoms with van der Waals surface area (Å²) in [6.45, 7) is 8.66. The Morgan fingerprint density at radius 3 is 2.13 bits per heavy atom. The van der Waals surface area contributed by atoms with Crippen molar-refractivity contribution in [3.8, 4) is 0 Å². The van der Waals surface area contributed by atoms with Gasteiger partial charge in [-0.2, -0.15) is 0 Å². The minimum atomic E-state index is -3.46. The van der Waals surface area contributed by atoms with Gasteiger partial charge >= 0.3 is 0 Å². The Hall–Kier alpha value is -2.38. The predicted octanol–water partition coefficient (Wildman–Crippen LogP) is 3.21. The van der Waals surface area contributed by atoms with Gasteiger partial charge in [0, 0.05) is 44.0 Å². The number of piperazine rings is 1. The average molecular weight is 430 g/mol. The van der Waals surface area contributed by atoms with Crippen LogP contribution in [-0.2, 0) is 14.8 Å². The van der Waals surface area contributed by atoms with Crippen molar-refractivity contribution in [3.05, 3.63) is 65.7 Å². The Balaban J connectivity index is 1.64. The number of hydrogen-bond donors (Lipinski definition) is 1. The van der Waals surface area contributed by atoms with Crippen molar-refractivity contribution >= 4 is 21.6 Å². The second-order valence-corrected chi connectivity index (χ2v) is 10.4. The van der Waals surface area contributed by atoms with Gasteiger partial charge in [0.15, 0.2) is 0 Å². The van der Waals surface area contributed by atoms with Gasteiger partial charge in [-0.3, -0.25) is 4.79 Å². The first-order valence-corrected chi connectivity index (χ1v) is 11.9. The van der Waals surface area contributed by atoms with Gasteiger partial charge in [-0.1, -0.05) is 37.3 Å². The Bertz CT molecular complexity index is 949. The van der Waals surface area contributed by atoms with E-state index in [0.717, 1.165) is 36.3 Å². The number of anilines is 1. The first-order valence-electron chi connectivity index (χ1n) is 10.5. The van der Waals surface area contributed by atoms with E-state index in [4.69, 9.17) is 0 Å². The maximum atomic E-state index is 12.7. The van der Waals surface area contributed by atoms with Crippen molar-refractivity contribution in [1.29, 1.82) is 0 Å². The summed E-state index contributed by atoms with van der Waals surface area (Å²) in [5.74, 6) is 0.0668. The monoisotopic (exact) mass is 429 g/mol. The number of nitrogens with zero attached hydrogens (tertiary/aromatic N) is 2. The summed E-state index contributed by atoms with van der Waals surface area (Å²) in [6, 6.07) is 17.1. The fraction of sp³-hybridized carbons (Fsp3) is 0.435. The van der Waals surface area contributed by atoms with E-state index in [1.807, 2.05) is 66.4 Å². The predicted molar refractivity (Wildman–Crippen MR) is 121 cm³/mol. The molecule has 0 saturated carbocycles. The molecule has 1 aliphatic rings. The van der Waals surface area contributed by atoms with Crippen molar-refractivity contribution < 1.29 is 13.2 Å². The quantitative estimate of drug-likeness (QED) is 0.734. The van der Waals surface area contributed by atoms with Crippen LogP contribution in [-0.4, -0.2) is 51.9 Å². The average Bonchev–Trinajstić information content (AvgIpc) is 2.78. The van der Waals surface area contributed by atoms with Crippen LogP contribution in [0.2, 0.25) is 0 Å². The molecule has 7 heteroatoms. The van der Waals surface area contributed by atoms with Crippen LogP contribution in [0.4, 0.5) is 5.69 Å². The van der Waals surface area contributed by atoms with E-state index in [2.05, 4.69) is 9.62 Å². The number of carbonyl (C=O) groups excluding carboxylic acids is 1. The number of benzene rings is 2. The molecule has 1 fully saturated rings. The number of nitrogens with one attached hydrogen (secondary N) is 1. The second-order valence-electron chi connectivity index (χ2n) is 8.10. The van der Waals surface area contributed by atoms with Crippen LogP contribution >= 0.6 is 0 Å². The normalized spacial score (nSPS) is 15.3. The van der Waals surface area contributed by atoms with Gasteiger partial charge in [0.25, 0.3) is 5.91 Å². The molecule has 0 unspecified atom stereocenters. The van der Waals surface area contributed by atoms with Gasteiger partial charge in [0.1, 0.15) is 4.75 Å². The molecule has 0 bridgehead atoms. The van der Waals surface area contributed by atoms with Crippen LogP contribution in [0.25, 0.3) is 0 Å².